The van der Waals surface area contributed by atoms with Gasteiger partial charge in [0.1, 0.15) is 5.75 Å². The number of nitrogens with zero attached hydrogens (tertiary/aromatic N) is 4. The van der Waals surface area contributed by atoms with Crippen molar-refractivity contribution >= 4 is 41.0 Å². The van der Waals surface area contributed by atoms with E-state index in [4.69, 9.17) is 27.9 Å². The predicted octanol–water partition coefficient (Wildman–Crippen LogP) is 4.65. The molecule has 3 rings (SSSR count). The highest BCUT2D eigenvalue weighted by molar-refractivity contribution is 7.98. The topological polar surface area (TPSA) is 72.3 Å². The molecule has 10 heteroatoms. The molecular weight excluding hydrogens is 445 g/mol. The molecule has 2 amide bonds. The maximum Gasteiger partial charge on any atom is 0.317 e. The number of hydrogen-bond donors (Lipinski definition) is 1. The number of benzene rings is 2. The average molecular weight is 466 g/mol. The van der Waals surface area contributed by atoms with Crippen molar-refractivity contribution < 1.29 is 9.53 Å². The average Bonchev–Trinajstić information content (AvgIpc) is 3.13. The van der Waals surface area contributed by atoms with Gasteiger partial charge in [0.25, 0.3) is 0 Å². The van der Waals surface area contributed by atoms with E-state index in [-0.39, 0.29) is 12.6 Å². The smallest absolute Gasteiger partial charge is 0.317 e. The van der Waals surface area contributed by atoms with Crippen molar-refractivity contribution in [1.82, 2.24) is 25.0 Å². The van der Waals surface area contributed by atoms with E-state index in [1.807, 2.05) is 28.8 Å². The van der Waals surface area contributed by atoms with E-state index >= 15 is 0 Å². The van der Waals surface area contributed by atoms with Gasteiger partial charge < -0.3 is 15.0 Å². The Kier molecular flexibility index (Phi) is 7.47. The Labute approximate surface area is 189 Å². The summed E-state index contributed by atoms with van der Waals surface area (Å²) in [6, 6.07) is 12.8. The van der Waals surface area contributed by atoms with Gasteiger partial charge in [0.15, 0.2) is 11.0 Å². The first kappa shape index (κ1) is 22.3. The van der Waals surface area contributed by atoms with Gasteiger partial charge in [-0.15, -0.1) is 10.2 Å². The Balaban J connectivity index is 1.90. The second kappa shape index (κ2) is 10.1. The monoisotopic (exact) mass is 465 g/mol. The van der Waals surface area contributed by atoms with Crippen molar-refractivity contribution in [2.45, 2.75) is 17.5 Å². The Bertz CT molecular complexity index is 1040. The summed E-state index contributed by atoms with van der Waals surface area (Å²) in [6.45, 7) is 0.197. The first-order valence-electron chi connectivity index (χ1n) is 8.99. The number of hydrogen-bond acceptors (Lipinski definition) is 5. The maximum absolute atomic E-state index is 12.0. The van der Waals surface area contributed by atoms with Crippen LogP contribution >= 0.6 is 35.0 Å². The van der Waals surface area contributed by atoms with Crippen LogP contribution in [-0.4, -0.2) is 46.9 Å². The minimum Gasteiger partial charge on any atom is -0.497 e. The summed E-state index contributed by atoms with van der Waals surface area (Å²) >= 11 is 14.0. The lowest BCUT2D eigenvalue weighted by Crippen LogP contribution is -2.34. The molecule has 1 heterocycles. The van der Waals surface area contributed by atoms with Gasteiger partial charge >= 0.3 is 6.03 Å². The van der Waals surface area contributed by atoms with Gasteiger partial charge in [-0.2, -0.15) is 0 Å². The molecule has 0 aliphatic carbocycles. The molecule has 158 valence electrons. The van der Waals surface area contributed by atoms with Crippen molar-refractivity contribution in [3.63, 3.8) is 0 Å². The van der Waals surface area contributed by atoms with Gasteiger partial charge in [-0.3, -0.25) is 4.57 Å². The number of aromatic nitrogens is 3. The molecule has 1 N–H and O–H groups in total. The zero-order valence-corrected chi connectivity index (χ0v) is 19.1. The highest BCUT2D eigenvalue weighted by Crippen LogP contribution is 2.31. The number of methoxy groups -OCH3 is 1. The number of amides is 2. The van der Waals surface area contributed by atoms with E-state index in [2.05, 4.69) is 15.5 Å². The minimum absolute atomic E-state index is 0.197. The predicted molar refractivity (Wildman–Crippen MR) is 120 cm³/mol. The third-order valence-electron chi connectivity index (χ3n) is 4.16. The molecule has 0 saturated heterocycles. The third-order valence-corrected chi connectivity index (χ3v) is 5.69. The van der Waals surface area contributed by atoms with Gasteiger partial charge in [-0.25, -0.2) is 4.79 Å². The number of carbonyl (C=O) groups is 1. The van der Waals surface area contributed by atoms with Crippen molar-refractivity contribution in [2.24, 2.45) is 0 Å². The van der Waals surface area contributed by atoms with E-state index in [1.165, 1.54) is 16.7 Å². The van der Waals surface area contributed by atoms with Crippen molar-refractivity contribution in [2.75, 3.05) is 21.2 Å². The quantitative estimate of drug-likeness (QED) is 0.514. The van der Waals surface area contributed by atoms with E-state index < -0.39 is 0 Å². The van der Waals surface area contributed by atoms with E-state index in [1.54, 1.807) is 39.4 Å². The molecule has 3 aromatic rings. The van der Waals surface area contributed by atoms with Crippen LogP contribution in [-0.2, 0) is 12.3 Å². The molecule has 1 aromatic heterocycles. The summed E-state index contributed by atoms with van der Waals surface area (Å²) in [6.07, 6.45) is 0. The maximum atomic E-state index is 12.0. The first-order valence-corrected chi connectivity index (χ1v) is 10.7. The highest BCUT2D eigenvalue weighted by atomic mass is 35.5. The van der Waals surface area contributed by atoms with Crippen molar-refractivity contribution in [1.29, 1.82) is 0 Å². The second-order valence-corrected chi connectivity index (χ2v) is 8.31. The number of halogens is 2. The molecule has 0 unspecified atom stereocenters. The fourth-order valence-electron chi connectivity index (χ4n) is 2.64. The lowest BCUT2D eigenvalue weighted by molar-refractivity contribution is 0.216. The Morgan fingerprint density at radius 2 is 2.00 bits per heavy atom. The second-order valence-electron chi connectivity index (χ2n) is 6.52. The van der Waals surface area contributed by atoms with Crippen molar-refractivity contribution in [3.05, 3.63) is 63.9 Å². The Morgan fingerprint density at radius 3 is 2.70 bits per heavy atom. The van der Waals surface area contributed by atoms with Gasteiger partial charge in [0, 0.05) is 24.9 Å². The minimum atomic E-state index is -0.225. The summed E-state index contributed by atoms with van der Waals surface area (Å²) in [5.41, 5.74) is 1.77. The van der Waals surface area contributed by atoms with E-state index in [9.17, 15) is 4.79 Å². The molecule has 0 aliphatic rings. The molecule has 30 heavy (non-hydrogen) atoms. The van der Waals surface area contributed by atoms with Crippen LogP contribution in [0, 0.1) is 0 Å². The summed E-state index contributed by atoms with van der Waals surface area (Å²) in [5, 5.41) is 13.1. The standard InChI is InChI=1S/C20H21Cl2N5O2S/c1-26(2)19(28)23-11-18-24-25-20(27(18)17-8-7-14(21)10-16(17)22)30-12-13-5-4-6-15(9-13)29-3/h4-10H,11-12H2,1-3H3,(H,23,28). The molecule has 0 radical (unpaired) electrons. The first-order chi connectivity index (χ1) is 14.4. The number of nitrogens with one attached hydrogen (secondary N) is 1. The largest absolute Gasteiger partial charge is 0.497 e. The van der Waals surface area contributed by atoms with E-state index in [0.29, 0.717) is 32.5 Å². The lowest BCUT2D eigenvalue weighted by atomic mass is 10.2. The summed E-state index contributed by atoms with van der Waals surface area (Å²) in [5.74, 6) is 2.01. The normalized spacial score (nSPS) is 10.7. The third kappa shape index (κ3) is 5.38. The SMILES string of the molecule is COc1cccc(CSc2nnc(CNC(=O)N(C)C)n2-c2ccc(Cl)cc2Cl)c1. The van der Waals surface area contributed by atoms with Gasteiger partial charge in [0.2, 0.25) is 0 Å². The van der Waals surface area contributed by atoms with Crippen LogP contribution in [0.2, 0.25) is 10.0 Å². The molecular formula is C20H21Cl2N5O2S. The summed E-state index contributed by atoms with van der Waals surface area (Å²) < 4.78 is 7.12. The number of ether oxygens (including phenoxy) is 1. The van der Waals surface area contributed by atoms with Gasteiger partial charge in [-0.05, 0) is 35.9 Å². The van der Waals surface area contributed by atoms with Gasteiger partial charge in [-0.1, -0.05) is 47.1 Å². The number of carbonyl (C=O) groups excluding carboxylic acids is 1. The molecule has 0 aliphatic heterocycles. The fourth-order valence-corrected chi connectivity index (χ4v) is 4.04. The Hall–Kier alpha value is -2.42. The number of rotatable bonds is 7. The van der Waals surface area contributed by atoms with Crippen LogP contribution in [0.25, 0.3) is 5.69 Å². The van der Waals surface area contributed by atoms with Crippen LogP contribution in [0.1, 0.15) is 11.4 Å². The van der Waals surface area contributed by atoms with Crippen LogP contribution in [0.4, 0.5) is 4.79 Å². The molecule has 0 bridgehead atoms. The number of thioether (sulfide) groups is 1. The summed E-state index contributed by atoms with van der Waals surface area (Å²) in [4.78, 5) is 13.4. The highest BCUT2D eigenvalue weighted by Gasteiger charge is 2.18. The molecule has 7 nitrogen and oxygen atoms in total. The lowest BCUT2D eigenvalue weighted by Gasteiger charge is -2.14. The fraction of sp³-hybridized carbons (Fsp3) is 0.250. The van der Waals surface area contributed by atoms with Crippen LogP contribution < -0.4 is 10.1 Å². The van der Waals surface area contributed by atoms with Crippen molar-refractivity contribution in [3.8, 4) is 11.4 Å². The zero-order chi connectivity index (χ0) is 21.7. The molecule has 0 spiro atoms. The van der Waals surface area contributed by atoms with Gasteiger partial charge in [0.05, 0.1) is 24.4 Å². The Morgan fingerprint density at radius 1 is 1.20 bits per heavy atom. The molecule has 0 fully saturated rings. The van der Waals surface area contributed by atoms with E-state index in [0.717, 1.165) is 11.3 Å². The molecule has 0 atom stereocenters. The van der Waals surface area contributed by atoms with Crippen LogP contribution in [0.5, 0.6) is 5.75 Å². The van der Waals surface area contributed by atoms with Crippen LogP contribution in [0.3, 0.4) is 0 Å². The zero-order valence-electron chi connectivity index (χ0n) is 16.7. The molecule has 0 saturated carbocycles. The molecule has 2 aromatic carbocycles. The summed E-state index contributed by atoms with van der Waals surface area (Å²) in [7, 11) is 4.98. The number of urea groups is 1. The van der Waals surface area contributed by atoms with Crippen LogP contribution in [0.15, 0.2) is 47.6 Å².